The van der Waals surface area contributed by atoms with Gasteiger partial charge >= 0.3 is 6.03 Å². The van der Waals surface area contributed by atoms with E-state index in [-0.39, 0.29) is 17.9 Å². The maximum atomic E-state index is 13.0. The van der Waals surface area contributed by atoms with Gasteiger partial charge in [-0.15, -0.1) is 6.58 Å². The van der Waals surface area contributed by atoms with E-state index in [0.717, 1.165) is 5.56 Å². The second kappa shape index (κ2) is 8.54. The number of rotatable bonds is 6. The average Bonchev–Trinajstić information content (AvgIpc) is 2.63. The molecule has 0 aliphatic heterocycles. The number of hydrogen-bond acceptors (Lipinski definition) is 2. The molecule has 142 valence electrons. The van der Waals surface area contributed by atoms with Gasteiger partial charge in [0, 0.05) is 31.4 Å². The zero-order valence-corrected chi connectivity index (χ0v) is 16.3. The summed E-state index contributed by atoms with van der Waals surface area (Å²) >= 11 is 0. The molecule has 1 unspecified atom stereocenters. The number of hydrogen-bond donors (Lipinski definition) is 2. The molecule has 0 aromatic heterocycles. The van der Waals surface area contributed by atoms with Gasteiger partial charge in [-0.1, -0.05) is 56.3 Å². The Morgan fingerprint density at radius 3 is 2.15 bits per heavy atom. The number of carbonyl (C=O) groups is 2. The SMILES string of the molecule is C=CC(c1ccccc1)C(C)(C)C(=O)Nc1cccc(NC(=O)N(C)C)c1. The largest absolute Gasteiger partial charge is 0.331 e. The second-order valence-electron chi connectivity index (χ2n) is 7.21. The van der Waals surface area contributed by atoms with Gasteiger partial charge < -0.3 is 15.5 Å². The molecular weight excluding hydrogens is 338 g/mol. The highest BCUT2D eigenvalue weighted by Gasteiger charge is 2.36. The van der Waals surface area contributed by atoms with Crippen molar-refractivity contribution in [1.29, 1.82) is 0 Å². The topological polar surface area (TPSA) is 61.4 Å². The minimum atomic E-state index is -0.702. The number of carbonyl (C=O) groups excluding carboxylic acids is 2. The molecule has 0 bridgehead atoms. The molecule has 0 aliphatic rings. The third-order valence-corrected chi connectivity index (χ3v) is 4.54. The first-order chi connectivity index (χ1) is 12.8. The smallest absolute Gasteiger partial charge is 0.321 e. The molecule has 2 N–H and O–H groups in total. The molecule has 5 heteroatoms. The summed E-state index contributed by atoms with van der Waals surface area (Å²) < 4.78 is 0. The lowest BCUT2D eigenvalue weighted by molar-refractivity contribution is -0.124. The molecule has 0 fully saturated rings. The number of anilines is 2. The highest BCUT2D eigenvalue weighted by atomic mass is 16.2. The summed E-state index contributed by atoms with van der Waals surface area (Å²) in [5, 5.41) is 5.73. The Morgan fingerprint density at radius 1 is 1.00 bits per heavy atom. The van der Waals surface area contributed by atoms with E-state index < -0.39 is 5.41 Å². The summed E-state index contributed by atoms with van der Waals surface area (Å²) in [6, 6.07) is 16.7. The van der Waals surface area contributed by atoms with Gasteiger partial charge in [-0.05, 0) is 23.8 Å². The number of allylic oxidation sites excluding steroid dienone is 1. The van der Waals surface area contributed by atoms with Gasteiger partial charge in [-0.3, -0.25) is 4.79 Å². The molecule has 2 rings (SSSR count). The Bertz CT molecular complexity index is 813. The van der Waals surface area contributed by atoms with Crippen molar-refractivity contribution in [2.45, 2.75) is 19.8 Å². The van der Waals surface area contributed by atoms with Crippen molar-refractivity contribution in [3.8, 4) is 0 Å². The fraction of sp³-hybridized carbons (Fsp3) is 0.273. The molecule has 0 spiro atoms. The third-order valence-electron chi connectivity index (χ3n) is 4.54. The van der Waals surface area contributed by atoms with E-state index in [0.29, 0.717) is 11.4 Å². The van der Waals surface area contributed by atoms with E-state index >= 15 is 0 Å². The molecule has 2 aromatic carbocycles. The van der Waals surface area contributed by atoms with Crippen LogP contribution in [0.25, 0.3) is 0 Å². The van der Waals surface area contributed by atoms with Crippen LogP contribution in [0, 0.1) is 5.41 Å². The van der Waals surface area contributed by atoms with E-state index in [1.807, 2.05) is 50.3 Å². The van der Waals surface area contributed by atoms with E-state index in [4.69, 9.17) is 0 Å². The maximum absolute atomic E-state index is 13.0. The van der Waals surface area contributed by atoms with Gasteiger partial charge in [0.15, 0.2) is 0 Å². The first-order valence-corrected chi connectivity index (χ1v) is 8.83. The first-order valence-electron chi connectivity index (χ1n) is 8.83. The number of amides is 3. The van der Waals surface area contributed by atoms with Crippen LogP contribution in [0.15, 0.2) is 67.3 Å². The quantitative estimate of drug-likeness (QED) is 0.728. The van der Waals surface area contributed by atoms with Crippen LogP contribution >= 0.6 is 0 Å². The standard InChI is InChI=1S/C22H27N3O2/c1-6-19(16-11-8-7-9-12-16)22(2,3)20(26)23-17-13-10-14-18(15-17)24-21(27)25(4)5/h6-15,19H,1H2,2-5H3,(H,23,26)(H,24,27). The summed E-state index contributed by atoms with van der Waals surface area (Å²) in [5.41, 5.74) is 1.58. The molecule has 0 saturated heterocycles. The van der Waals surface area contributed by atoms with Crippen LogP contribution in [0.3, 0.4) is 0 Å². The van der Waals surface area contributed by atoms with Gasteiger partial charge in [0.1, 0.15) is 0 Å². The minimum absolute atomic E-state index is 0.118. The van der Waals surface area contributed by atoms with Crippen molar-refractivity contribution in [2.75, 3.05) is 24.7 Å². The fourth-order valence-electron chi connectivity index (χ4n) is 2.85. The fourth-order valence-corrected chi connectivity index (χ4v) is 2.85. The van der Waals surface area contributed by atoms with Crippen molar-refractivity contribution < 1.29 is 9.59 Å². The molecule has 0 radical (unpaired) electrons. The lowest BCUT2D eigenvalue weighted by Gasteiger charge is -2.31. The molecule has 0 heterocycles. The lowest BCUT2D eigenvalue weighted by Crippen LogP contribution is -2.35. The van der Waals surface area contributed by atoms with Crippen molar-refractivity contribution in [1.82, 2.24) is 4.90 Å². The zero-order valence-electron chi connectivity index (χ0n) is 16.3. The number of urea groups is 1. The molecule has 0 aliphatic carbocycles. The van der Waals surface area contributed by atoms with Crippen molar-refractivity contribution in [3.63, 3.8) is 0 Å². The monoisotopic (exact) mass is 365 g/mol. The van der Waals surface area contributed by atoms with Crippen LogP contribution in [-0.2, 0) is 4.79 Å². The van der Waals surface area contributed by atoms with Crippen molar-refractivity contribution in [3.05, 3.63) is 72.8 Å². The molecule has 2 aromatic rings. The summed E-state index contributed by atoms with van der Waals surface area (Å²) in [5.74, 6) is -0.248. The van der Waals surface area contributed by atoms with Crippen LogP contribution < -0.4 is 10.6 Å². The Kier molecular flexibility index (Phi) is 6.40. The van der Waals surface area contributed by atoms with Crippen molar-refractivity contribution in [2.24, 2.45) is 5.41 Å². The van der Waals surface area contributed by atoms with E-state index in [9.17, 15) is 9.59 Å². The summed E-state index contributed by atoms with van der Waals surface area (Å²) in [4.78, 5) is 26.2. The van der Waals surface area contributed by atoms with Crippen LogP contribution in [0.4, 0.5) is 16.2 Å². The second-order valence-corrected chi connectivity index (χ2v) is 7.21. The number of nitrogens with zero attached hydrogens (tertiary/aromatic N) is 1. The highest BCUT2D eigenvalue weighted by Crippen LogP contribution is 2.37. The Balaban J connectivity index is 2.18. The predicted molar refractivity (Wildman–Crippen MR) is 111 cm³/mol. The summed E-state index contributed by atoms with van der Waals surface area (Å²) in [7, 11) is 3.34. The molecule has 0 saturated carbocycles. The highest BCUT2D eigenvalue weighted by molar-refractivity contribution is 5.97. The predicted octanol–water partition coefficient (Wildman–Crippen LogP) is 4.71. The van der Waals surface area contributed by atoms with Gasteiger partial charge in [-0.2, -0.15) is 0 Å². The normalized spacial score (nSPS) is 12.0. The van der Waals surface area contributed by atoms with Crippen LogP contribution in [0.1, 0.15) is 25.3 Å². The van der Waals surface area contributed by atoms with Gasteiger partial charge in [0.25, 0.3) is 0 Å². The van der Waals surface area contributed by atoms with Crippen LogP contribution in [0.2, 0.25) is 0 Å². The molecular formula is C22H27N3O2. The summed E-state index contributed by atoms with van der Waals surface area (Å²) in [6.07, 6.45) is 1.81. The van der Waals surface area contributed by atoms with E-state index in [1.54, 1.807) is 38.4 Å². The zero-order chi connectivity index (χ0) is 20.0. The Morgan fingerprint density at radius 2 is 1.59 bits per heavy atom. The van der Waals surface area contributed by atoms with Crippen LogP contribution in [0.5, 0.6) is 0 Å². The summed E-state index contributed by atoms with van der Waals surface area (Å²) in [6.45, 7) is 7.73. The number of nitrogens with one attached hydrogen (secondary N) is 2. The van der Waals surface area contributed by atoms with Gasteiger partial charge in [0.05, 0.1) is 5.41 Å². The Hall–Kier alpha value is -3.08. The Labute approximate surface area is 161 Å². The minimum Gasteiger partial charge on any atom is -0.331 e. The maximum Gasteiger partial charge on any atom is 0.321 e. The lowest BCUT2D eigenvalue weighted by atomic mass is 9.74. The first kappa shape index (κ1) is 20.2. The molecule has 1 atom stereocenters. The average molecular weight is 365 g/mol. The van der Waals surface area contributed by atoms with E-state index in [2.05, 4.69) is 17.2 Å². The van der Waals surface area contributed by atoms with Gasteiger partial charge in [-0.25, -0.2) is 4.79 Å². The van der Waals surface area contributed by atoms with E-state index in [1.165, 1.54) is 4.90 Å². The third kappa shape index (κ3) is 4.97. The van der Waals surface area contributed by atoms with Gasteiger partial charge in [0.2, 0.25) is 5.91 Å². The number of benzene rings is 2. The molecule has 3 amide bonds. The molecule has 27 heavy (non-hydrogen) atoms. The van der Waals surface area contributed by atoms with Crippen LogP contribution in [-0.4, -0.2) is 30.9 Å². The van der Waals surface area contributed by atoms with Crippen molar-refractivity contribution >= 4 is 23.3 Å². The molecule has 5 nitrogen and oxygen atoms in total.